The monoisotopic (exact) mass is 707 g/mol. The average molecular weight is 708 g/mol. The maximum Gasteiger partial charge on any atom is 0.164 e. The van der Waals surface area contributed by atoms with Gasteiger partial charge in [-0.2, -0.15) is 0 Å². The quantitative estimate of drug-likeness (QED) is 0.179. The summed E-state index contributed by atoms with van der Waals surface area (Å²) in [6.45, 7) is 0. The summed E-state index contributed by atoms with van der Waals surface area (Å²) in [4.78, 5) is 15.6. The molecule has 0 amide bonds. The van der Waals surface area contributed by atoms with Gasteiger partial charge >= 0.3 is 0 Å². The lowest BCUT2D eigenvalue weighted by atomic mass is 9.92. The molecule has 252 valence electrons. The Balaban J connectivity index is 1.14. The highest BCUT2D eigenvalue weighted by molar-refractivity contribution is 7.26. The van der Waals surface area contributed by atoms with Crippen molar-refractivity contribution in [1.29, 1.82) is 0 Å². The molecular formula is C49H29N3OS. The number of furan rings is 1. The van der Waals surface area contributed by atoms with Crippen molar-refractivity contribution >= 4 is 64.2 Å². The number of fused-ring (bicyclic) bond motifs is 7. The van der Waals surface area contributed by atoms with Gasteiger partial charge in [0.15, 0.2) is 17.5 Å². The third kappa shape index (κ3) is 5.01. The Kier molecular flexibility index (Phi) is 7.00. The smallest absolute Gasteiger partial charge is 0.164 e. The van der Waals surface area contributed by atoms with E-state index in [1.54, 1.807) is 0 Å². The zero-order valence-electron chi connectivity index (χ0n) is 28.9. The van der Waals surface area contributed by atoms with Crippen LogP contribution >= 0.6 is 11.3 Å². The number of aromatic nitrogens is 3. The van der Waals surface area contributed by atoms with Gasteiger partial charge in [0.1, 0.15) is 11.2 Å². The van der Waals surface area contributed by atoms with Crippen molar-refractivity contribution < 1.29 is 4.42 Å². The van der Waals surface area contributed by atoms with Crippen LogP contribution in [0.1, 0.15) is 0 Å². The lowest BCUT2D eigenvalue weighted by molar-refractivity contribution is 0.669. The Bertz CT molecular complexity index is 3230. The Hall–Kier alpha value is -6.95. The Morgan fingerprint density at radius 1 is 0.352 bits per heavy atom. The number of rotatable bonds is 5. The molecule has 5 heteroatoms. The fraction of sp³-hybridized carbons (Fsp3) is 0. The first kappa shape index (κ1) is 30.7. The van der Waals surface area contributed by atoms with Crippen molar-refractivity contribution in [3.63, 3.8) is 0 Å². The Labute approximate surface area is 314 Å². The minimum absolute atomic E-state index is 0.589. The van der Waals surface area contributed by atoms with Gasteiger partial charge in [-0.3, -0.25) is 0 Å². The van der Waals surface area contributed by atoms with E-state index >= 15 is 0 Å². The highest BCUT2D eigenvalue weighted by atomic mass is 32.1. The van der Waals surface area contributed by atoms with E-state index in [1.807, 2.05) is 35.6 Å². The van der Waals surface area contributed by atoms with Gasteiger partial charge in [-0.25, -0.2) is 15.0 Å². The van der Waals surface area contributed by atoms with E-state index in [1.165, 1.54) is 31.3 Å². The predicted octanol–water partition coefficient (Wildman–Crippen LogP) is 13.6. The summed E-state index contributed by atoms with van der Waals surface area (Å²) >= 11 is 1.85. The maximum absolute atomic E-state index is 6.30. The molecule has 0 aliphatic carbocycles. The van der Waals surface area contributed by atoms with Crippen LogP contribution in [0.15, 0.2) is 180 Å². The molecule has 0 spiro atoms. The summed E-state index contributed by atoms with van der Waals surface area (Å²) in [5.41, 5.74) is 9.03. The predicted molar refractivity (Wildman–Crippen MR) is 225 cm³/mol. The number of hydrogen-bond acceptors (Lipinski definition) is 5. The molecule has 0 N–H and O–H groups in total. The van der Waals surface area contributed by atoms with Gasteiger partial charge in [-0.05, 0) is 57.8 Å². The SMILES string of the molecule is c1ccc(-c2cc(-c3nc(-c4ccc5c(c4)oc4ccccc45)nc(-c4cccc5ccccc45)n3)ccc2-c2cccc3c2sc2ccccc23)cc1. The van der Waals surface area contributed by atoms with Gasteiger partial charge < -0.3 is 4.42 Å². The molecule has 0 saturated carbocycles. The summed E-state index contributed by atoms with van der Waals surface area (Å²) in [7, 11) is 0. The third-order valence-corrected chi connectivity index (χ3v) is 11.6. The molecule has 0 aliphatic rings. The van der Waals surface area contributed by atoms with Crippen LogP contribution in [0.2, 0.25) is 0 Å². The van der Waals surface area contributed by atoms with Gasteiger partial charge in [-0.1, -0.05) is 146 Å². The first-order chi connectivity index (χ1) is 26.7. The molecule has 3 heterocycles. The average Bonchev–Trinajstić information content (AvgIpc) is 3.82. The van der Waals surface area contributed by atoms with Gasteiger partial charge in [0.25, 0.3) is 0 Å². The fourth-order valence-electron chi connectivity index (χ4n) is 7.77. The summed E-state index contributed by atoms with van der Waals surface area (Å²) in [5, 5.41) is 6.94. The van der Waals surface area contributed by atoms with Crippen LogP contribution in [0.25, 0.3) is 109 Å². The zero-order chi connectivity index (χ0) is 35.6. The number of hydrogen-bond donors (Lipinski definition) is 0. The van der Waals surface area contributed by atoms with Crippen LogP contribution in [0, 0.1) is 0 Å². The van der Waals surface area contributed by atoms with Crippen molar-refractivity contribution in [2.45, 2.75) is 0 Å². The zero-order valence-corrected chi connectivity index (χ0v) is 29.7. The molecule has 8 aromatic carbocycles. The normalized spacial score (nSPS) is 11.7. The van der Waals surface area contributed by atoms with Crippen LogP contribution in [0.4, 0.5) is 0 Å². The summed E-state index contributed by atoms with van der Waals surface area (Å²) in [6, 6.07) is 61.6. The Morgan fingerprint density at radius 2 is 0.981 bits per heavy atom. The van der Waals surface area contributed by atoms with Crippen molar-refractivity contribution in [3.05, 3.63) is 176 Å². The van der Waals surface area contributed by atoms with Crippen LogP contribution in [-0.4, -0.2) is 15.0 Å². The number of benzene rings is 8. The summed E-state index contributed by atoms with van der Waals surface area (Å²) in [5.74, 6) is 1.82. The molecule has 0 radical (unpaired) electrons. The molecule has 0 atom stereocenters. The molecule has 54 heavy (non-hydrogen) atoms. The first-order valence-electron chi connectivity index (χ1n) is 18.0. The standard InChI is InChI=1S/C49H29N3OS/c1-2-12-31(13-3-1)42-28-32(24-26-35(42)39-19-11-20-40-38-18-7-9-23-45(38)54-46(39)40)47-50-48(33-25-27-37-36-17-6-8-22-43(36)53-44(37)29-33)52-49(51-47)41-21-10-15-30-14-4-5-16-34(30)41/h1-29H. The topological polar surface area (TPSA) is 51.8 Å². The molecule has 0 unspecified atom stereocenters. The number of para-hydroxylation sites is 1. The van der Waals surface area contributed by atoms with Gasteiger partial charge in [0, 0.05) is 53.2 Å². The fourth-order valence-corrected chi connectivity index (χ4v) is 9.00. The molecule has 0 bridgehead atoms. The first-order valence-corrected chi connectivity index (χ1v) is 18.8. The van der Waals surface area contributed by atoms with Gasteiger partial charge in [-0.15, -0.1) is 11.3 Å². The van der Waals surface area contributed by atoms with Gasteiger partial charge in [0.05, 0.1) is 0 Å². The van der Waals surface area contributed by atoms with Crippen LogP contribution in [-0.2, 0) is 0 Å². The lowest BCUT2D eigenvalue weighted by Gasteiger charge is -2.15. The summed E-state index contributed by atoms with van der Waals surface area (Å²) in [6.07, 6.45) is 0. The van der Waals surface area contributed by atoms with E-state index in [9.17, 15) is 0 Å². The van der Waals surface area contributed by atoms with Crippen molar-refractivity contribution in [2.24, 2.45) is 0 Å². The highest BCUT2D eigenvalue weighted by Crippen LogP contribution is 2.44. The minimum atomic E-state index is 0.589. The molecule has 4 nitrogen and oxygen atoms in total. The van der Waals surface area contributed by atoms with Crippen molar-refractivity contribution in [3.8, 4) is 56.4 Å². The molecule has 11 aromatic rings. The van der Waals surface area contributed by atoms with E-state index in [-0.39, 0.29) is 0 Å². The van der Waals surface area contributed by atoms with E-state index in [2.05, 4.69) is 152 Å². The number of thiophene rings is 1. The van der Waals surface area contributed by atoms with Crippen molar-refractivity contribution in [2.75, 3.05) is 0 Å². The van der Waals surface area contributed by atoms with Crippen LogP contribution < -0.4 is 0 Å². The molecular weight excluding hydrogens is 679 g/mol. The summed E-state index contributed by atoms with van der Waals surface area (Å²) < 4.78 is 8.87. The van der Waals surface area contributed by atoms with Crippen LogP contribution in [0.5, 0.6) is 0 Å². The molecule has 0 aliphatic heterocycles. The second-order valence-electron chi connectivity index (χ2n) is 13.5. The van der Waals surface area contributed by atoms with E-state index in [0.717, 1.165) is 60.5 Å². The van der Waals surface area contributed by atoms with Crippen molar-refractivity contribution in [1.82, 2.24) is 15.0 Å². The lowest BCUT2D eigenvalue weighted by Crippen LogP contribution is -2.01. The van der Waals surface area contributed by atoms with Crippen LogP contribution in [0.3, 0.4) is 0 Å². The highest BCUT2D eigenvalue weighted by Gasteiger charge is 2.19. The number of nitrogens with zero attached hydrogens (tertiary/aromatic N) is 3. The van der Waals surface area contributed by atoms with E-state index in [0.29, 0.717) is 17.5 Å². The Morgan fingerprint density at radius 3 is 1.87 bits per heavy atom. The minimum Gasteiger partial charge on any atom is -0.456 e. The molecule has 0 saturated heterocycles. The molecule has 11 rings (SSSR count). The van der Waals surface area contributed by atoms with Gasteiger partial charge in [0.2, 0.25) is 0 Å². The largest absolute Gasteiger partial charge is 0.456 e. The maximum atomic E-state index is 6.30. The molecule has 0 fully saturated rings. The second-order valence-corrected chi connectivity index (χ2v) is 14.6. The van der Waals surface area contributed by atoms with E-state index in [4.69, 9.17) is 19.4 Å². The third-order valence-electron chi connectivity index (χ3n) is 10.4. The molecule has 3 aromatic heterocycles. The van der Waals surface area contributed by atoms with E-state index < -0.39 is 0 Å². The second kappa shape index (κ2) is 12.3.